The number of aliphatic imine (C=N–C) groups is 4. The van der Waals surface area contributed by atoms with Crippen molar-refractivity contribution in [1.82, 2.24) is 0 Å². The van der Waals surface area contributed by atoms with Crippen LogP contribution in [0.2, 0.25) is 0 Å². The molecule has 13 heteroatoms. The van der Waals surface area contributed by atoms with Crippen LogP contribution in [-0.4, -0.2) is 110 Å². The summed E-state index contributed by atoms with van der Waals surface area (Å²) in [5.74, 6) is 0. The van der Waals surface area contributed by atoms with Crippen molar-refractivity contribution in [1.29, 1.82) is 0 Å². The SMILES string of the molecule is CCC(=NC)C(CCCOCCOC)=NC.CCC(=NC)C(CCCOCCOC)=NC.ClCCl.[Br][Ni][Br]. The van der Waals surface area contributed by atoms with Gasteiger partial charge in [0.25, 0.3) is 0 Å². The summed E-state index contributed by atoms with van der Waals surface area (Å²) in [6.07, 6.45) is 5.71. The fourth-order valence-electron chi connectivity index (χ4n) is 2.92. The third-order valence-electron chi connectivity index (χ3n) is 4.68. The Morgan fingerprint density at radius 3 is 1.11 bits per heavy atom. The van der Waals surface area contributed by atoms with Gasteiger partial charge >= 0.3 is 39.3 Å². The van der Waals surface area contributed by atoms with Crippen molar-refractivity contribution < 1.29 is 29.8 Å². The molecule has 0 radical (unpaired) electrons. The van der Waals surface area contributed by atoms with E-state index < -0.39 is 0 Å². The second-order valence-corrected chi connectivity index (χ2v) is 12.7. The first-order valence-electron chi connectivity index (χ1n) is 12.3. The van der Waals surface area contributed by atoms with Crippen LogP contribution < -0.4 is 0 Å². The first-order chi connectivity index (χ1) is 18.4. The van der Waals surface area contributed by atoms with Crippen molar-refractivity contribution in [3.63, 3.8) is 0 Å². The van der Waals surface area contributed by atoms with Crippen LogP contribution >= 0.6 is 51.7 Å². The third kappa shape index (κ3) is 34.6. The molecule has 0 saturated carbocycles. The molecule has 0 N–H and O–H groups in total. The molecule has 0 aliphatic rings. The fourth-order valence-corrected chi connectivity index (χ4v) is 2.92. The maximum atomic E-state index is 5.40. The average molecular weight is 760 g/mol. The van der Waals surface area contributed by atoms with Gasteiger partial charge in [-0.25, -0.2) is 0 Å². The molecule has 232 valence electrons. The van der Waals surface area contributed by atoms with E-state index in [4.69, 9.17) is 42.1 Å². The summed E-state index contributed by atoms with van der Waals surface area (Å²) < 4.78 is 20.6. The summed E-state index contributed by atoms with van der Waals surface area (Å²) in [5.41, 5.74) is 4.39. The van der Waals surface area contributed by atoms with Crippen molar-refractivity contribution in [3.8, 4) is 0 Å². The molecule has 0 aromatic heterocycles. The van der Waals surface area contributed by atoms with Gasteiger partial charge in [0, 0.05) is 55.6 Å². The van der Waals surface area contributed by atoms with Crippen molar-refractivity contribution in [2.45, 2.75) is 52.4 Å². The van der Waals surface area contributed by atoms with Crippen molar-refractivity contribution in [2.24, 2.45) is 20.0 Å². The summed E-state index contributed by atoms with van der Waals surface area (Å²) in [7, 11) is 11.9. The Balaban J connectivity index is -0.000000251. The fraction of sp³-hybridized carbons (Fsp3) is 0.840. The van der Waals surface area contributed by atoms with E-state index in [0.29, 0.717) is 26.4 Å². The zero-order valence-corrected chi connectivity index (χ0v) is 30.1. The van der Waals surface area contributed by atoms with Crippen LogP contribution in [-0.2, 0) is 29.8 Å². The van der Waals surface area contributed by atoms with Crippen LogP contribution in [0.5, 0.6) is 0 Å². The topological polar surface area (TPSA) is 86.4 Å². The predicted molar refractivity (Wildman–Crippen MR) is 172 cm³/mol. The van der Waals surface area contributed by atoms with Gasteiger partial charge in [-0.15, -0.1) is 23.2 Å². The van der Waals surface area contributed by atoms with E-state index in [-0.39, 0.29) is 5.34 Å². The van der Waals surface area contributed by atoms with Crippen molar-refractivity contribution in [3.05, 3.63) is 0 Å². The molecule has 8 nitrogen and oxygen atoms in total. The predicted octanol–water partition coefficient (Wildman–Crippen LogP) is 7.07. The van der Waals surface area contributed by atoms with Gasteiger partial charge in [0.05, 0.1) is 54.6 Å². The normalized spacial score (nSPS) is 12.2. The van der Waals surface area contributed by atoms with Gasteiger partial charge in [-0.2, -0.15) is 0 Å². The van der Waals surface area contributed by atoms with E-state index >= 15 is 0 Å². The molecule has 38 heavy (non-hydrogen) atoms. The van der Waals surface area contributed by atoms with E-state index in [9.17, 15) is 0 Å². The number of alkyl halides is 2. The molecule has 0 amide bonds. The van der Waals surface area contributed by atoms with Gasteiger partial charge < -0.3 is 18.9 Å². The Hall–Kier alpha value is 0.554. The summed E-state index contributed by atoms with van der Waals surface area (Å²) in [5, 5.41) is 0.194. The summed E-state index contributed by atoms with van der Waals surface area (Å²) in [6.45, 7) is 8.35. The molecule has 0 aromatic carbocycles. The molecule has 0 saturated heterocycles. The Morgan fingerprint density at radius 1 is 0.605 bits per heavy atom. The summed E-state index contributed by atoms with van der Waals surface area (Å²) >= 11 is 15.5. The number of ether oxygens (including phenoxy) is 4. The molecule has 0 heterocycles. The molecule has 0 atom stereocenters. The number of rotatable bonds is 18. The molecular formula is C25H50Br2Cl2N4NiO4. The number of hydrogen-bond acceptors (Lipinski definition) is 8. The molecule has 0 aliphatic heterocycles. The van der Waals surface area contributed by atoms with E-state index in [0.717, 1.165) is 74.6 Å². The Kier molecular flexibility index (Phi) is 50.4. The van der Waals surface area contributed by atoms with Crippen molar-refractivity contribution in [2.75, 3.05) is 87.4 Å². The van der Waals surface area contributed by atoms with Gasteiger partial charge in [-0.3, -0.25) is 20.0 Å². The van der Waals surface area contributed by atoms with E-state index in [1.54, 1.807) is 14.2 Å². The molecule has 0 aromatic rings. The quantitative estimate of drug-likeness (QED) is 0.0648. The maximum absolute atomic E-state index is 5.40. The van der Waals surface area contributed by atoms with Crippen LogP contribution in [0.3, 0.4) is 0 Å². The zero-order chi connectivity index (χ0) is 29.9. The molecule has 0 bridgehead atoms. The molecule has 0 fully saturated rings. The average Bonchev–Trinajstić information content (AvgIpc) is 2.92. The summed E-state index contributed by atoms with van der Waals surface area (Å²) in [4.78, 5) is 17.0. The van der Waals surface area contributed by atoms with Crippen LogP contribution in [0.1, 0.15) is 52.4 Å². The number of nitrogens with zero attached hydrogens (tertiary/aromatic N) is 4. The number of hydrogen-bond donors (Lipinski definition) is 0. The Labute approximate surface area is 262 Å². The van der Waals surface area contributed by atoms with E-state index in [1.165, 1.54) is 10.9 Å². The van der Waals surface area contributed by atoms with Crippen LogP contribution in [0.25, 0.3) is 0 Å². The third-order valence-corrected chi connectivity index (χ3v) is 4.68. The van der Waals surface area contributed by atoms with Crippen LogP contribution in [0.4, 0.5) is 0 Å². The molecule has 0 spiro atoms. The standard InChI is InChI=1S/2C12H24N2O2.CH2Cl2.2BrH.Ni/c2*1-5-11(13-2)12(14-3)7-6-8-16-10-9-15-4;2-1-3;;;/h2*5-10H2,1-4H3;1H2;2*1H;/q;;;;;+2/p-2. The van der Waals surface area contributed by atoms with Crippen molar-refractivity contribution >= 4 is 74.5 Å². The molecule has 0 unspecified atom stereocenters. The number of halogens is 4. The molecule has 0 aliphatic carbocycles. The number of methoxy groups -OCH3 is 2. The zero-order valence-electron chi connectivity index (χ0n) is 24.4. The van der Waals surface area contributed by atoms with Crippen LogP contribution in [0.15, 0.2) is 20.0 Å². The first kappa shape index (κ1) is 45.5. The van der Waals surface area contributed by atoms with Gasteiger partial charge in [0.2, 0.25) is 0 Å². The minimum atomic E-state index is 0.194. The van der Waals surface area contributed by atoms with Crippen LogP contribution in [0, 0.1) is 0 Å². The van der Waals surface area contributed by atoms with Gasteiger partial charge in [-0.1, -0.05) is 13.8 Å². The van der Waals surface area contributed by atoms with Gasteiger partial charge in [-0.05, 0) is 38.5 Å². The van der Waals surface area contributed by atoms with E-state index in [1.807, 2.05) is 28.2 Å². The Morgan fingerprint density at radius 2 is 0.895 bits per heavy atom. The molecule has 0 rings (SSSR count). The van der Waals surface area contributed by atoms with Gasteiger partial charge in [0.1, 0.15) is 0 Å². The van der Waals surface area contributed by atoms with E-state index in [2.05, 4.69) is 62.3 Å². The second kappa shape index (κ2) is 42.0. The van der Waals surface area contributed by atoms with Gasteiger partial charge in [0.15, 0.2) is 0 Å². The molecular weight excluding hydrogens is 710 g/mol. The Bertz CT molecular complexity index is 554. The summed E-state index contributed by atoms with van der Waals surface area (Å²) in [6, 6.07) is 0. The first-order valence-corrected chi connectivity index (χ1v) is 18.3. The minimum absolute atomic E-state index is 0.194. The second-order valence-electron chi connectivity index (χ2n) is 6.95. The monoisotopic (exact) mass is 756 g/mol.